The molecule has 0 unspecified atom stereocenters. The summed E-state index contributed by atoms with van der Waals surface area (Å²) in [6, 6.07) is 0. The molecule has 0 bridgehead atoms. The Morgan fingerprint density at radius 3 is 1.16 bits per heavy atom. The van der Waals surface area contributed by atoms with E-state index in [1.807, 2.05) is 0 Å². The van der Waals surface area contributed by atoms with Crippen LogP contribution in [0.5, 0.6) is 0 Å². The minimum atomic E-state index is -2.17. The molecule has 0 saturated carbocycles. The zero-order chi connectivity index (χ0) is 41.8. The lowest BCUT2D eigenvalue weighted by molar-refractivity contribution is -0.390. The lowest BCUT2D eigenvalue weighted by atomic mass is 9.95. The van der Waals surface area contributed by atoms with Crippen LogP contribution < -0.4 is 0 Å². The van der Waals surface area contributed by atoms with Gasteiger partial charge in [-0.1, -0.05) is 0 Å². The maximum Gasteiger partial charge on any atom is 0.187 e. The van der Waals surface area contributed by atoms with Crippen molar-refractivity contribution >= 4 is 6.29 Å². The van der Waals surface area contributed by atoms with E-state index in [4.69, 9.17) is 37.9 Å². The molecule has 4 fully saturated rings. The number of ether oxygens (including phenoxy) is 8. The molecule has 4 saturated heterocycles. The second kappa shape index (κ2) is 20.8. The summed E-state index contributed by atoms with van der Waals surface area (Å²) in [6.07, 6.45) is -46.1. The molecule has 0 radical (unpaired) electrons. The van der Waals surface area contributed by atoms with Crippen LogP contribution in [-0.2, 0) is 42.7 Å². The fourth-order valence-corrected chi connectivity index (χ4v) is 6.58. The maximum atomic E-state index is 11.1. The van der Waals surface area contributed by atoms with Gasteiger partial charge in [0.25, 0.3) is 0 Å². The van der Waals surface area contributed by atoms with E-state index in [-0.39, 0.29) is 6.29 Å². The van der Waals surface area contributed by atoms with Crippen molar-refractivity contribution in [3.8, 4) is 0 Å². The van der Waals surface area contributed by atoms with Crippen LogP contribution >= 0.6 is 0 Å². The number of aliphatic hydroxyl groups is 17. The van der Waals surface area contributed by atoms with E-state index in [2.05, 4.69) is 0 Å². The van der Waals surface area contributed by atoms with Gasteiger partial charge in [0.1, 0.15) is 122 Å². The van der Waals surface area contributed by atoms with Crippen molar-refractivity contribution in [2.24, 2.45) is 0 Å². The molecule has 4 aliphatic rings. The van der Waals surface area contributed by atoms with Crippen molar-refractivity contribution < 1.29 is 130 Å². The van der Waals surface area contributed by atoms with Crippen LogP contribution in [0.15, 0.2) is 0 Å². The van der Waals surface area contributed by atoms with E-state index in [9.17, 15) is 91.6 Å². The van der Waals surface area contributed by atoms with Crippen LogP contribution in [0.4, 0.5) is 0 Å². The van der Waals surface area contributed by atoms with Crippen molar-refractivity contribution in [2.75, 3.05) is 33.0 Å². The molecule has 4 rings (SSSR count). The molecule has 56 heavy (non-hydrogen) atoms. The second-order valence-electron chi connectivity index (χ2n) is 13.6. The summed E-state index contributed by atoms with van der Waals surface area (Å²) < 4.78 is 43.6. The number of carbonyl (C=O) groups is 1. The van der Waals surface area contributed by atoms with Gasteiger partial charge in [0.05, 0.1) is 33.0 Å². The average Bonchev–Trinajstić information content (AvgIpc) is 3.20. The van der Waals surface area contributed by atoms with Crippen molar-refractivity contribution in [1.82, 2.24) is 0 Å². The highest BCUT2D eigenvalue weighted by Crippen LogP contribution is 2.34. The van der Waals surface area contributed by atoms with Gasteiger partial charge in [0.15, 0.2) is 31.4 Å². The lowest BCUT2D eigenvalue weighted by Gasteiger charge is -2.49. The molecule has 0 aliphatic carbocycles. The number of rotatable bonds is 17. The Morgan fingerprint density at radius 2 is 0.804 bits per heavy atom. The number of hydrogen-bond acceptors (Lipinski definition) is 26. The minimum Gasteiger partial charge on any atom is -0.394 e. The van der Waals surface area contributed by atoms with E-state index in [0.29, 0.717) is 0 Å². The summed E-state index contributed by atoms with van der Waals surface area (Å²) in [4.78, 5) is 11.0. The number of carbonyl (C=O) groups excluding carboxylic acids is 1. The zero-order valence-electron chi connectivity index (χ0n) is 29.2. The van der Waals surface area contributed by atoms with E-state index >= 15 is 0 Å². The molecule has 4 heterocycles. The predicted octanol–water partition coefficient (Wildman–Crippen LogP) is -12.1. The molecule has 0 spiro atoms. The fraction of sp³-hybridized carbons (Fsp3) is 0.967. The van der Waals surface area contributed by atoms with E-state index in [1.165, 1.54) is 0 Å². The van der Waals surface area contributed by atoms with Crippen LogP contribution in [0.1, 0.15) is 0 Å². The smallest absolute Gasteiger partial charge is 0.187 e. The van der Waals surface area contributed by atoms with Crippen LogP contribution in [0.3, 0.4) is 0 Å². The monoisotopic (exact) mass is 828 g/mol. The fourth-order valence-electron chi connectivity index (χ4n) is 6.58. The van der Waals surface area contributed by atoms with Gasteiger partial charge >= 0.3 is 0 Å². The molecule has 4 aliphatic heterocycles. The summed E-state index contributed by atoms with van der Waals surface area (Å²) in [6.45, 7) is -4.84. The number of aldehydes is 1. The largest absolute Gasteiger partial charge is 0.394 e. The summed E-state index contributed by atoms with van der Waals surface area (Å²) >= 11 is 0. The Labute approximate surface area is 316 Å². The first-order valence-corrected chi connectivity index (χ1v) is 17.4. The van der Waals surface area contributed by atoms with Gasteiger partial charge in [0.2, 0.25) is 0 Å². The third-order valence-corrected chi connectivity index (χ3v) is 9.87. The quantitative estimate of drug-likeness (QED) is 0.0605. The van der Waals surface area contributed by atoms with Gasteiger partial charge in [-0.3, -0.25) is 0 Å². The topological polar surface area (TPSA) is 435 Å². The molecule has 0 aromatic carbocycles. The van der Waals surface area contributed by atoms with Crippen LogP contribution in [-0.4, -0.2) is 273 Å². The summed E-state index contributed by atoms with van der Waals surface area (Å²) in [5.41, 5.74) is 0. The van der Waals surface area contributed by atoms with Crippen molar-refractivity contribution in [1.29, 1.82) is 0 Å². The first-order chi connectivity index (χ1) is 26.5. The molecule has 0 amide bonds. The first-order valence-electron chi connectivity index (χ1n) is 17.4. The van der Waals surface area contributed by atoms with Gasteiger partial charge in [-0.05, 0) is 0 Å². The Bertz CT molecular complexity index is 1180. The van der Waals surface area contributed by atoms with Crippen LogP contribution in [0, 0.1) is 0 Å². The van der Waals surface area contributed by atoms with Crippen molar-refractivity contribution in [2.45, 2.75) is 147 Å². The maximum absolute atomic E-state index is 11.1. The molecule has 0 aromatic heterocycles. The highest BCUT2D eigenvalue weighted by atomic mass is 16.8. The summed E-state index contributed by atoms with van der Waals surface area (Å²) in [5, 5.41) is 175. The number of hydrogen-bond donors (Lipinski definition) is 17. The number of aliphatic hydroxyl groups excluding tert-OH is 17. The van der Waals surface area contributed by atoms with Gasteiger partial charge in [0, 0.05) is 0 Å². The molecule has 24 atom stereocenters. The Balaban J connectivity index is 1.43. The predicted molar refractivity (Wildman–Crippen MR) is 168 cm³/mol. The van der Waals surface area contributed by atoms with Gasteiger partial charge in [-0.25, -0.2) is 0 Å². The highest BCUT2D eigenvalue weighted by Gasteiger charge is 2.55. The normalized spacial score (nSPS) is 47.2. The molecule has 26 nitrogen and oxygen atoms in total. The van der Waals surface area contributed by atoms with Crippen LogP contribution in [0.25, 0.3) is 0 Å². The Hall–Kier alpha value is -1.33. The Kier molecular flexibility index (Phi) is 17.6. The van der Waals surface area contributed by atoms with Crippen molar-refractivity contribution in [3.05, 3.63) is 0 Å². The molecule has 0 aromatic rings. The SMILES string of the molecule is O=C[C@H](O)[C@@H](O)[C@H](O[C@H]1O[C@H](CO)[C@@H](O[C@H]2O[C@H](CO)[C@@H](O[C@H]3O[C@H](CO)[C@@H](O[C@H]4O[C@H](CO)[C@@H](O)[C@H](O)[C@H]4O)[C@H](O)[C@H]3O)[C@H](O)[C@H]2O)[C@H](O)[C@H]1O)[C@H](O)CO. The van der Waals surface area contributed by atoms with E-state index in [1.54, 1.807) is 0 Å². The van der Waals surface area contributed by atoms with Crippen molar-refractivity contribution in [3.63, 3.8) is 0 Å². The molecular formula is C30H52O26. The third kappa shape index (κ3) is 9.99. The molecular weight excluding hydrogens is 776 g/mol. The third-order valence-electron chi connectivity index (χ3n) is 9.87. The molecule has 17 N–H and O–H groups in total. The zero-order valence-corrected chi connectivity index (χ0v) is 29.2. The molecule has 26 heteroatoms. The Morgan fingerprint density at radius 1 is 0.464 bits per heavy atom. The minimum absolute atomic E-state index is 0.112. The summed E-state index contributed by atoms with van der Waals surface area (Å²) in [5.74, 6) is 0. The van der Waals surface area contributed by atoms with E-state index in [0.717, 1.165) is 0 Å². The van der Waals surface area contributed by atoms with Crippen LogP contribution in [0.2, 0.25) is 0 Å². The van der Waals surface area contributed by atoms with Gasteiger partial charge in [-0.2, -0.15) is 0 Å². The summed E-state index contributed by atoms with van der Waals surface area (Å²) in [7, 11) is 0. The highest BCUT2D eigenvalue weighted by molar-refractivity contribution is 5.56. The van der Waals surface area contributed by atoms with Gasteiger partial charge < -0.3 is 130 Å². The molecule has 328 valence electrons. The van der Waals surface area contributed by atoms with E-state index < -0.39 is 180 Å². The average molecular weight is 829 g/mol. The van der Waals surface area contributed by atoms with Gasteiger partial charge in [-0.15, -0.1) is 0 Å². The lowest BCUT2D eigenvalue weighted by Crippen LogP contribution is -2.67. The standard InChI is InChI=1S/C30H52O26/c31-1-7(37)13(39)23(8(38)2-32)53-28-20(46)16(42)25(10(4-34)50-28)55-30-22(48)18(44)26(12(6-36)52-30)56-29-21(47)17(43)24(11(5-35)51-29)54-27-19(45)15(41)14(40)9(3-33)49-27/h1,7-30,32-48H,2-6H2/t7-,8+,9+,10+,11+,12+,13+,14+,15-,16+,17+,18+,19+,20+,21+,22+,23+,24+,25+,26+,27+,28+,29+,30+/m0/s1. The first kappa shape index (κ1) is 47.3. The second-order valence-corrected chi connectivity index (χ2v) is 13.6.